The summed E-state index contributed by atoms with van der Waals surface area (Å²) in [5.74, 6) is 4.66. The molecule has 0 aliphatic carbocycles. The topological polar surface area (TPSA) is 78.1 Å². The highest BCUT2D eigenvalue weighted by Crippen LogP contribution is 2.23. The van der Waals surface area contributed by atoms with Gasteiger partial charge in [0, 0.05) is 12.4 Å². The fourth-order valence-electron chi connectivity index (χ4n) is 1.93. The number of hydrogen-bond donors (Lipinski definition) is 1. The molecule has 1 atom stereocenters. The molecule has 0 saturated carbocycles. The molecule has 2 aromatic rings. The van der Waals surface area contributed by atoms with Crippen molar-refractivity contribution in [1.82, 2.24) is 9.97 Å². The lowest BCUT2D eigenvalue weighted by atomic mass is 9.90. The van der Waals surface area contributed by atoms with Gasteiger partial charge in [0.2, 0.25) is 0 Å². The molecule has 0 aliphatic heterocycles. The first-order valence-corrected chi connectivity index (χ1v) is 5.99. The summed E-state index contributed by atoms with van der Waals surface area (Å²) in [6.07, 6.45) is 5.03. The average Bonchev–Trinajstić information content (AvgIpc) is 2.49. The predicted molar refractivity (Wildman–Crippen MR) is 70.3 cm³/mol. The van der Waals surface area contributed by atoms with Gasteiger partial charge in [-0.1, -0.05) is 30.3 Å². The number of ketones is 1. The van der Waals surface area contributed by atoms with Crippen molar-refractivity contribution < 1.29 is 9.63 Å². The smallest absolute Gasteiger partial charge is 0.190 e. The van der Waals surface area contributed by atoms with Gasteiger partial charge in [-0.05, 0) is 12.0 Å². The first-order chi connectivity index (χ1) is 9.33. The van der Waals surface area contributed by atoms with Crippen LogP contribution in [0.3, 0.4) is 0 Å². The minimum Gasteiger partial charge on any atom is -0.305 e. The molecule has 5 nitrogen and oxygen atoms in total. The Kier molecular flexibility index (Phi) is 4.72. The second-order valence-corrected chi connectivity index (χ2v) is 4.08. The van der Waals surface area contributed by atoms with E-state index < -0.39 is 0 Å². The number of nitrogens with two attached hydrogens (primary N) is 1. The van der Waals surface area contributed by atoms with Crippen LogP contribution in [0.5, 0.6) is 0 Å². The van der Waals surface area contributed by atoms with E-state index >= 15 is 0 Å². The van der Waals surface area contributed by atoms with E-state index in [9.17, 15) is 4.79 Å². The maximum absolute atomic E-state index is 12.5. The molecule has 0 fully saturated rings. The molecule has 0 unspecified atom stereocenters. The van der Waals surface area contributed by atoms with Crippen molar-refractivity contribution in [3.63, 3.8) is 0 Å². The summed E-state index contributed by atoms with van der Waals surface area (Å²) in [5, 5.41) is 0. The van der Waals surface area contributed by atoms with E-state index in [1.54, 1.807) is 0 Å². The molecule has 0 amide bonds. The lowest BCUT2D eigenvalue weighted by Crippen LogP contribution is -2.17. The van der Waals surface area contributed by atoms with Gasteiger partial charge in [0.25, 0.3) is 0 Å². The van der Waals surface area contributed by atoms with Crippen molar-refractivity contribution in [2.75, 3.05) is 6.61 Å². The first-order valence-electron chi connectivity index (χ1n) is 5.99. The molecule has 0 aliphatic rings. The first kappa shape index (κ1) is 13.3. The van der Waals surface area contributed by atoms with Crippen LogP contribution < -0.4 is 5.90 Å². The summed E-state index contributed by atoms with van der Waals surface area (Å²) in [4.78, 5) is 25.0. The highest BCUT2D eigenvalue weighted by atomic mass is 16.6. The summed E-state index contributed by atoms with van der Waals surface area (Å²) in [5.41, 5.74) is 1.28. The van der Waals surface area contributed by atoms with Gasteiger partial charge in [-0.3, -0.25) is 9.78 Å². The number of carbonyl (C=O) groups is 1. The van der Waals surface area contributed by atoms with Gasteiger partial charge in [0.05, 0.1) is 18.7 Å². The SMILES string of the molecule is NOCC[C@H](C(=O)c1cnccn1)c1ccccc1. The van der Waals surface area contributed by atoms with E-state index in [2.05, 4.69) is 14.8 Å². The van der Waals surface area contributed by atoms with Gasteiger partial charge >= 0.3 is 0 Å². The van der Waals surface area contributed by atoms with Crippen LogP contribution in [0.25, 0.3) is 0 Å². The van der Waals surface area contributed by atoms with Crippen LogP contribution in [0, 0.1) is 0 Å². The second-order valence-electron chi connectivity index (χ2n) is 4.08. The van der Waals surface area contributed by atoms with Crippen LogP contribution in [0.1, 0.15) is 28.4 Å². The van der Waals surface area contributed by atoms with Crippen LogP contribution in [-0.4, -0.2) is 22.4 Å². The fraction of sp³-hybridized carbons (Fsp3) is 0.214. The number of hydrogen-bond acceptors (Lipinski definition) is 5. The van der Waals surface area contributed by atoms with Crippen molar-refractivity contribution in [3.05, 3.63) is 60.2 Å². The number of carbonyl (C=O) groups excluding carboxylic acids is 1. The molecular weight excluding hydrogens is 242 g/mol. The summed E-state index contributed by atoms with van der Waals surface area (Å²) in [6.45, 7) is 0.311. The molecular formula is C14H15N3O2. The number of rotatable bonds is 6. The Hall–Kier alpha value is -2.11. The molecule has 1 aromatic heterocycles. The Morgan fingerprint density at radius 3 is 2.68 bits per heavy atom. The van der Waals surface area contributed by atoms with Gasteiger partial charge < -0.3 is 4.84 Å². The van der Waals surface area contributed by atoms with Crippen LogP contribution in [0.15, 0.2) is 48.9 Å². The summed E-state index contributed by atoms with van der Waals surface area (Å²) >= 11 is 0. The van der Waals surface area contributed by atoms with E-state index in [0.29, 0.717) is 18.7 Å². The molecule has 0 spiro atoms. The largest absolute Gasteiger partial charge is 0.305 e. The molecule has 0 bridgehead atoms. The minimum atomic E-state index is -0.318. The van der Waals surface area contributed by atoms with Crippen LogP contribution in [0.4, 0.5) is 0 Å². The Morgan fingerprint density at radius 2 is 2.05 bits per heavy atom. The minimum absolute atomic E-state index is 0.0728. The highest BCUT2D eigenvalue weighted by Gasteiger charge is 2.22. The van der Waals surface area contributed by atoms with Gasteiger partial charge in [-0.2, -0.15) is 0 Å². The van der Waals surface area contributed by atoms with Gasteiger partial charge in [0.1, 0.15) is 5.69 Å². The van der Waals surface area contributed by atoms with E-state index in [4.69, 9.17) is 5.90 Å². The Morgan fingerprint density at radius 1 is 1.26 bits per heavy atom. The molecule has 2 rings (SSSR count). The fourth-order valence-corrected chi connectivity index (χ4v) is 1.93. The van der Waals surface area contributed by atoms with E-state index in [-0.39, 0.29) is 11.7 Å². The molecule has 0 radical (unpaired) electrons. The quantitative estimate of drug-likeness (QED) is 0.629. The van der Waals surface area contributed by atoms with Crippen LogP contribution >= 0.6 is 0 Å². The number of aromatic nitrogens is 2. The lowest BCUT2D eigenvalue weighted by Gasteiger charge is -2.15. The summed E-state index contributed by atoms with van der Waals surface area (Å²) in [6, 6.07) is 9.53. The normalized spacial score (nSPS) is 12.1. The lowest BCUT2D eigenvalue weighted by molar-refractivity contribution is 0.0897. The zero-order valence-electron chi connectivity index (χ0n) is 10.4. The van der Waals surface area contributed by atoms with E-state index in [0.717, 1.165) is 5.56 Å². The zero-order chi connectivity index (χ0) is 13.5. The van der Waals surface area contributed by atoms with E-state index in [1.807, 2.05) is 30.3 Å². The number of benzene rings is 1. The van der Waals surface area contributed by atoms with E-state index in [1.165, 1.54) is 18.6 Å². The third-order valence-corrected chi connectivity index (χ3v) is 2.86. The van der Waals surface area contributed by atoms with Crippen molar-refractivity contribution in [1.29, 1.82) is 0 Å². The Bertz CT molecular complexity index is 517. The van der Waals surface area contributed by atoms with Gasteiger partial charge in [0.15, 0.2) is 5.78 Å². The zero-order valence-corrected chi connectivity index (χ0v) is 10.4. The average molecular weight is 257 g/mol. The second kappa shape index (κ2) is 6.72. The number of Topliss-reactive ketones (excluding diaryl/α,β-unsaturated/α-hetero) is 1. The molecule has 1 heterocycles. The molecule has 19 heavy (non-hydrogen) atoms. The van der Waals surface area contributed by atoms with Crippen molar-refractivity contribution in [2.24, 2.45) is 5.90 Å². The van der Waals surface area contributed by atoms with Crippen LogP contribution in [0.2, 0.25) is 0 Å². The maximum Gasteiger partial charge on any atom is 0.190 e. The highest BCUT2D eigenvalue weighted by molar-refractivity contribution is 5.99. The summed E-state index contributed by atoms with van der Waals surface area (Å²) < 4.78 is 0. The Balaban J connectivity index is 2.25. The third-order valence-electron chi connectivity index (χ3n) is 2.86. The third kappa shape index (κ3) is 3.43. The van der Waals surface area contributed by atoms with Gasteiger partial charge in [-0.25, -0.2) is 10.9 Å². The molecule has 5 heteroatoms. The molecule has 2 N–H and O–H groups in total. The Labute approximate surface area is 111 Å². The standard InChI is InChI=1S/C14H15N3O2/c15-19-9-6-12(11-4-2-1-3-5-11)14(18)13-10-16-7-8-17-13/h1-5,7-8,10,12H,6,9,15H2/t12-/m0/s1. The molecule has 98 valence electrons. The van der Waals surface area contributed by atoms with Crippen molar-refractivity contribution >= 4 is 5.78 Å². The molecule has 1 aromatic carbocycles. The predicted octanol–water partition coefficient (Wildman–Crippen LogP) is 1.72. The number of nitrogens with zero attached hydrogens (tertiary/aromatic N) is 2. The van der Waals surface area contributed by atoms with Crippen LogP contribution in [-0.2, 0) is 4.84 Å². The maximum atomic E-state index is 12.5. The monoisotopic (exact) mass is 257 g/mol. The summed E-state index contributed by atoms with van der Waals surface area (Å²) in [7, 11) is 0. The van der Waals surface area contributed by atoms with Crippen molar-refractivity contribution in [2.45, 2.75) is 12.3 Å². The van der Waals surface area contributed by atoms with Gasteiger partial charge in [-0.15, -0.1) is 0 Å². The van der Waals surface area contributed by atoms with Crippen molar-refractivity contribution in [3.8, 4) is 0 Å². The molecule has 0 saturated heterocycles.